The molecule has 0 unspecified atom stereocenters. The highest BCUT2D eigenvalue weighted by Gasteiger charge is 2.09. The van der Waals surface area contributed by atoms with Crippen LogP contribution in [0.5, 0.6) is 5.75 Å². The van der Waals surface area contributed by atoms with Crippen LogP contribution in [0, 0.1) is 11.6 Å². The summed E-state index contributed by atoms with van der Waals surface area (Å²) in [6.45, 7) is 0.272. The summed E-state index contributed by atoms with van der Waals surface area (Å²) in [4.78, 5) is 0. The maximum Gasteiger partial charge on any atom is 0.131 e. The van der Waals surface area contributed by atoms with Crippen LogP contribution in [0.15, 0.2) is 36.4 Å². The van der Waals surface area contributed by atoms with E-state index in [0.717, 1.165) is 23.8 Å². The van der Waals surface area contributed by atoms with Crippen LogP contribution in [0.3, 0.4) is 0 Å². The predicted molar refractivity (Wildman–Crippen MR) is 66.2 cm³/mol. The smallest absolute Gasteiger partial charge is 0.131 e. The van der Waals surface area contributed by atoms with Crippen molar-refractivity contribution in [1.29, 1.82) is 0 Å². The number of nitrogens with two attached hydrogens (primary N) is 1. The van der Waals surface area contributed by atoms with Gasteiger partial charge < -0.3 is 10.5 Å². The molecule has 0 atom stereocenters. The Morgan fingerprint density at radius 1 is 1.11 bits per heavy atom. The van der Waals surface area contributed by atoms with Gasteiger partial charge in [-0.05, 0) is 35.9 Å². The van der Waals surface area contributed by atoms with Crippen LogP contribution in [-0.4, -0.2) is 7.11 Å². The van der Waals surface area contributed by atoms with Gasteiger partial charge in [-0.2, -0.15) is 0 Å². The summed E-state index contributed by atoms with van der Waals surface area (Å²) in [5, 5.41) is 0. The molecule has 18 heavy (non-hydrogen) atoms. The molecule has 0 saturated carbocycles. The zero-order valence-electron chi connectivity index (χ0n) is 9.91. The Balaban J connectivity index is 2.54. The van der Waals surface area contributed by atoms with Crippen LogP contribution in [0.1, 0.15) is 5.56 Å². The number of rotatable bonds is 3. The van der Waals surface area contributed by atoms with Crippen molar-refractivity contribution in [1.82, 2.24) is 0 Å². The average Bonchev–Trinajstić information content (AvgIpc) is 2.40. The summed E-state index contributed by atoms with van der Waals surface area (Å²) in [5.74, 6) is -0.306. The Morgan fingerprint density at radius 2 is 1.89 bits per heavy atom. The van der Waals surface area contributed by atoms with E-state index in [4.69, 9.17) is 10.5 Å². The van der Waals surface area contributed by atoms with Crippen LogP contribution >= 0.6 is 0 Å². The third-order valence-corrected chi connectivity index (χ3v) is 2.74. The standard InChI is InChI=1S/C14H13F2NO/c1-18-14-5-2-9(6-10(14)8-17)12-7-11(15)3-4-13(12)16/h2-7H,8,17H2,1H3. The molecule has 0 bridgehead atoms. The minimum Gasteiger partial charge on any atom is -0.496 e. The number of methoxy groups -OCH3 is 1. The minimum absolute atomic E-state index is 0.215. The molecule has 2 aromatic carbocycles. The summed E-state index contributed by atoms with van der Waals surface area (Å²) in [6, 6.07) is 8.44. The van der Waals surface area contributed by atoms with Crippen molar-refractivity contribution in [2.75, 3.05) is 7.11 Å². The molecule has 4 heteroatoms. The molecular weight excluding hydrogens is 236 g/mol. The first kappa shape index (κ1) is 12.5. The topological polar surface area (TPSA) is 35.2 Å². The fourth-order valence-corrected chi connectivity index (χ4v) is 1.82. The van der Waals surface area contributed by atoms with Gasteiger partial charge in [0.1, 0.15) is 17.4 Å². The summed E-state index contributed by atoms with van der Waals surface area (Å²) < 4.78 is 31.9. The minimum atomic E-state index is -0.475. The second-order valence-corrected chi connectivity index (χ2v) is 3.85. The first-order valence-corrected chi connectivity index (χ1v) is 5.48. The van der Waals surface area contributed by atoms with E-state index in [9.17, 15) is 8.78 Å². The molecule has 2 nitrogen and oxygen atoms in total. The fraction of sp³-hybridized carbons (Fsp3) is 0.143. The van der Waals surface area contributed by atoms with E-state index in [1.54, 1.807) is 18.2 Å². The molecule has 0 saturated heterocycles. The molecule has 0 spiro atoms. The molecule has 0 aliphatic heterocycles. The number of halogens is 2. The van der Waals surface area contributed by atoms with Crippen molar-refractivity contribution in [3.05, 3.63) is 53.6 Å². The van der Waals surface area contributed by atoms with Gasteiger partial charge in [0, 0.05) is 17.7 Å². The fourth-order valence-electron chi connectivity index (χ4n) is 1.82. The molecule has 2 rings (SSSR count). The lowest BCUT2D eigenvalue weighted by Crippen LogP contribution is -2.00. The molecular formula is C14H13F2NO. The van der Waals surface area contributed by atoms with E-state index >= 15 is 0 Å². The summed E-state index contributed by atoms with van der Waals surface area (Å²) in [5.41, 5.74) is 7.13. The van der Waals surface area contributed by atoms with Crippen molar-refractivity contribution in [2.45, 2.75) is 6.54 Å². The van der Waals surface area contributed by atoms with Gasteiger partial charge in [-0.15, -0.1) is 0 Å². The Bertz CT molecular complexity index is 570. The maximum absolute atomic E-state index is 13.6. The molecule has 0 heterocycles. The Hall–Kier alpha value is -1.94. The van der Waals surface area contributed by atoms with Gasteiger partial charge in [-0.3, -0.25) is 0 Å². The van der Waals surface area contributed by atoms with E-state index in [1.165, 1.54) is 7.11 Å². The second kappa shape index (κ2) is 5.14. The highest BCUT2D eigenvalue weighted by atomic mass is 19.1. The average molecular weight is 249 g/mol. The van der Waals surface area contributed by atoms with Crippen molar-refractivity contribution in [2.24, 2.45) is 5.73 Å². The van der Waals surface area contributed by atoms with E-state index < -0.39 is 11.6 Å². The maximum atomic E-state index is 13.6. The number of hydrogen-bond donors (Lipinski definition) is 1. The molecule has 0 aliphatic carbocycles. The zero-order valence-corrected chi connectivity index (χ0v) is 9.91. The van der Waals surface area contributed by atoms with Crippen molar-refractivity contribution >= 4 is 0 Å². The lowest BCUT2D eigenvalue weighted by molar-refractivity contribution is 0.410. The van der Waals surface area contributed by atoms with E-state index in [2.05, 4.69) is 0 Å². The Morgan fingerprint density at radius 3 is 2.56 bits per heavy atom. The third-order valence-electron chi connectivity index (χ3n) is 2.74. The van der Waals surface area contributed by atoms with E-state index in [0.29, 0.717) is 11.3 Å². The van der Waals surface area contributed by atoms with Crippen LogP contribution in [0.4, 0.5) is 8.78 Å². The van der Waals surface area contributed by atoms with Gasteiger partial charge >= 0.3 is 0 Å². The van der Waals surface area contributed by atoms with Crippen LogP contribution in [0.2, 0.25) is 0 Å². The molecule has 94 valence electrons. The third kappa shape index (κ3) is 2.33. The highest BCUT2D eigenvalue weighted by molar-refractivity contribution is 5.66. The van der Waals surface area contributed by atoms with Crippen molar-refractivity contribution in [3.63, 3.8) is 0 Å². The SMILES string of the molecule is COc1ccc(-c2cc(F)ccc2F)cc1CN. The van der Waals surface area contributed by atoms with Crippen molar-refractivity contribution < 1.29 is 13.5 Å². The quantitative estimate of drug-likeness (QED) is 0.907. The monoisotopic (exact) mass is 249 g/mol. The molecule has 2 aromatic rings. The van der Waals surface area contributed by atoms with Gasteiger partial charge in [0.05, 0.1) is 7.11 Å². The second-order valence-electron chi connectivity index (χ2n) is 3.85. The van der Waals surface area contributed by atoms with E-state index in [1.807, 2.05) is 0 Å². The van der Waals surface area contributed by atoms with Gasteiger partial charge in [0.15, 0.2) is 0 Å². The zero-order chi connectivity index (χ0) is 13.1. The first-order valence-electron chi connectivity index (χ1n) is 5.48. The lowest BCUT2D eigenvalue weighted by Gasteiger charge is -2.10. The van der Waals surface area contributed by atoms with Crippen LogP contribution < -0.4 is 10.5 Å². The lowest BCUT2D eigenvalue weighted by atomic mass is 10.0. The van der Waals surface area contributed by atoms with Crippen molar-refractivity contribution in [3.8, 4) is 16.9 Å². The Labute approximate surface area is 104 Å². The number of ether oxygens (including phenoxy) is 1. The summed E-state index contributed by atoms with van der Waals surface area (Å²) >= 11 is 0. The van der Waals surface area contributed by atoms with Crippen LogP contribution in [-0.2, 0) is 6.54 Å². The largest absolute Gasteiger partial charge is 0.496 e. The predicted octanol–water partition coefficient (Wildman–Crippen LogP) is 3.10. The first-order chi connectivity index (χ1) is 8.65. The number of hydrogen-bond acceptors (Lipinski definition) is 2. The summed E-state index contributed by atoms with van der Waals surface area (Å²) in [7, 11) is 1.54. The van der Waals surface area contributed by atoms with Gasteiger partial charge in [0.2, 0.25) is 0 Å². The molecule has 0 aliphatic rings. The van der Waals surface area contributed by atoms with Gasteiger partial charge in [0.25, 0.3) is 0 Å². The molecule has 0 aromatic heterocycles. The number of benzene rings is 2. The van der Waals surface area contributed by atoms with Crippen LogP contribution in [0.25, 0.3) is 11.1 Å². The molecule has 0 amide bonds. The van der Waals surface area contributed by atoms with E-state index in [-0.39, 0.29) is 12.1 Å². The van der Waals surface area contributed by atoms with Gasteiger partial charge in [-0.25, -0.2) is 8.78 Å². The highest BCUT2D eigenvalue weighted by Crippen LogP contribution is 2.28. The Kier molecular flexibility index (Phi) is 3.58. The molecule has 0 fully saturated rings. The summed E-state index contributed by atoms with van der Waals surface area (Å²) in [6.07, 6.45) is 0. The normalized spacial score (nSPS) is 10.4. The van der Waals surface area contributed by atoms with Gasteiger partial charge in [-0.1, -0.05) is 6.07 Å². The molecule has 2 N–H and O–H groups in total. The molecule has 0 radical (unpaired) electrons.